The topological polar surface area (TPSA) is 0 Å². The van der Waals surface area contributed by atoms with Gasteiger partial charge in [0, 0.05) is 7.14 Å². The molecule has 0 spiro atoms. The Balaban J connectivity index is 2.39. The molecule has 0 radical (unpaired) electrons. The van der Waals surface area contributed by atoms with Gasteiger partial charge in [0.05, 0.1) is 0 Å². The molecule has 0 fully saturated rings. The van der Waals surface area contributed by atoms with Crippen LogP contribution in [0.25, 0.3) is 10.8 Å². The molecule has 118 valence electrons. The van der Waals surface area contributed by atoms with E-state index >= 15 is 0 Å². The highest BCUT2D eigenvalue weighted by Crippen LogP contribution is 2.38. The molecule has 2 aromatic rings. The van der Waals surface area contributed by atoms with E-state index in [1.54, 1.807) is 33.0 Å². The van der Waals surface area contributed by atoms with Crippen LogP contribution in [0, 0.1) is 7.14 Å². The summed E-state index contributed by atoms with van der Waals surface area (Å²) in [6.07, 6.45) is 10.3. The monoisotopic (exact) mass is 518 g/mol. The van der Waals surface area contributed by atoms with Crippen molar-refractivity contribution in [1.29, 1.82) is 0 Å². The number of benzene rings is 2. The summed E-state index contributed by atoms with van der Waals surface area (Å²) >= 11 is 5.00. The molecule has 0 bridgehead atoms. The van der Waals surface area contributed by atoms with Gasteiger partial charge in [-0.2, -0.15) is 0 Å². The third-order valence-electron chi connectivity index (χ3n) is 4.91. The van der Waals surface area contributed by atoms with Crippen molar-refractivity contribution < 1.29 is 0 Å². The summed E-state index contributed by atoms with van der Waals surface area (Å²) < 4.78 is 2.81. The van der Waals surface area contributed by atoms with Crippen LogP contribution in [0.3, 0.4) is 0 Å². The van der Waals surface area contributed by atoms with Crippen molar-refractivity contribution in [2.24, 2.45) is 0 Å². The number of hydrogen-bond acceptors (Lipinski definition) is 0. The van der Waals surface area contributed by atoms with E-state index in [2.05, 4.69) is 71.2 Å². The maximum Gasteiger partial charge on any atom is 0.0270 e. The van der Waals surface area contributed by atoms with Gasteiger partial charge in [-0.05, 0) is 129 Å². The van der Waals surface area contributed by atoms with Gasteiger partial charge in [-0.3, -0.25) is 0 Å². The summed E-state index contributed by atoms with van der Waals surface area (Å²) in [7, 11) is 0. The Labute approximate surface area is 161 Å². The molecule has 2 aromatic carbocycles. The average Bonchev–Trinajstić information content (AvgIpc) is 2.52. The quantitative estimate of drug-likeness (QED) is 0.390. The van der Waals surface area contributed by atoms with Gasteiger partial charge in [-0.25, -0.2) is 0 Å². The first-order chi connectivity index (χ1) is 10.7. The zero-order chi connectivity index (χ0) is 15.7. The van der Waals surface area contributed by atoms with Crippen molar-refractivity contribution in [3.05, 3.63) is 41.5 Å². The second-order valence-corrected chi connectivity index (χ2v) is 8.76. The number of rotatable bonds is 4. The van der Waals surface area contributed by atoms with Crippen LogP contribution in [0.5, 0.6) is 0 Å². The lowest BCUT2D eigenvalue weighted by Crippen LogP contribution is -2.12. The average molecular weight is 518 g/mol. The molecule has 0 amide bonds. The molecule has 0 saturated heterocycles. The fourth-order valence-electron chi connectivity index (χ4n) is 4.01. The lowest BCUT2D eigenvalue weighted by molar-refractivity contribution is 0.670. The molecule has 22 heavy (non-hydrogen) atoms. The van der Waals surface area contributed by atoms with E-state index in [1.165, 1.54) is 58.5 Å². The molecule has 0 nitrogen and oxygen atoms in total. The molecule has 0 aromatic heterocycles. The van der Waals surface area contributed by atoms with Gasteiger partial charge in [0.2, 0.25) is 0 Å². The minimum Gasteiger partial charge on any atom is -0.0651 e. The normalized spacial score (nSPS) is 14.4. The molecule has 0 heterocycles. The highest BCUT2D eigenvalue weighted by Gasteiger charge is 2.21. The lowest BCUT2D eigenvalue weighted by atomic mass is 9.79. The zero-order valence-electron chi connectivity index (χ0n) is 13.6. The Morgan fingerprint density at radius 1 is 0.773 bits per heavy atom. The van der Waals surface area contributed by atoms with Crippen LogP contribution in [0.2, 0.25) is 0 Å². The summed E-state index contributed by atoms with van der Waals surface area (Å²) in [5, 5.41) is 3.10. The van der Waals surface area contributed by atoms with Crippen LogP contribution < -0.4 is 0 Å². The maximum atomic E-state index is 2.50. The number of aryl methyl sites for hydroxylation is 2. The summed E-state index contributed by atoms with van der Waals surface area (Å²) in [6.45, 7) is 4.64. The fourth-order valence-corrected chi connectivity index (χ4v) is 4.95. The summed E-state index contributed by atoms with van der Waals surface area (Å²) in [5.74, 6) is 0. The van der Waals surface area contributed by atoms with E-state index in [1.807, 2.05) is 0 Å². The summed E-state index contributed by atoms with van der Waals surface area (Å²) in [6, 6.07) is 4.91. The first-order valence-corrected chi connectivity index (χ1v) is 10.8. The molecule has 0 saturated carbocycles. The molecule has 1 aliphatic rings. The van der Waals surface area contributed by atoms with E-state index in [0.717, 1.165) is 0 Å². The molecule has 0 aliphatic heterocycles. The molecule has 3 rings (SSSR count). The largest absolute Gasteiger partial charge is 0.0651 e. The van der Waals surface area contributed by atoms with Crippen LogP contribution >= 0.6 is 45.2 Å². The maximum absolute atomic E-state index is 2.50. The Hall–Kier alpha value is 0.160. The van der Waals surface area contributed by atoms with Crippen LogP contribution in [0.15, 0.2) is 12.1 Å². The van der Waals surface area contributed by atoms with Gasteiger partial charge in [-0.1, -0.05) is 26.7 Å². The van der Waals surface area contributed by atoms with E-state index < -0.39 is 0 Å². The SMILES string of the molecule is CCCc1c2c(c(CCC)c3cc(I)c(I)cc13)CCCC2. The third kappa shape index (κ3) is 3.06. The first-order valence-electron chi connectivity index (χ1n) is 8.61. The fraction of sp³-hybridized carbons (Fsp3) is 0.500. The van der Waals surface area contributed by atoms with Crippen LogP contribution in [0.1, 0.15) is 61.8 Å². The summed E-state index contributed by atoms with van der Waals surface area (Å²) in [5.41, 5.74) is 6.78. The van der Waals surface area contributed by atoms with Gasteiger partial charge in [0.25, 0.3) is 0 Å². The smallest absolute Gasteiger partial charge is 0.0270 e. The Kier molecular flexibility index (Phi) is 5.69. The molecule has 1 aliphatic carbocycles. The van der Waals surface area contributed by atoms with E-state index in [4.69, 9.17) is 0 Å². The minimum absolute atomic E-state index is 1.24. The minimum atomic E-state index is 1.24. The third-order valence-corrected chi connectivity index (χ3v) is 7.72. The number of hydrogen-bond donors (Lipinski definition) is 0. The van der Waals surface area contributed by atoms with Gasteiger partial charge in [0.15, 0.2) is 0 Å². The van der Waals surface area contributed by atoms with Crippen LogP contribution in [0.4, 0.5) is 0 Å². The van der Waals surface area contributed by atoms with E-state index in [0.29, 0.717) is 0 Å². The van der Waals surface area contributed by atoms with Crippen LogP contribution in [-0.2, 0) is 25.7 Å². The second-order valence-electron chi connectivity index (χ2n) is 6.43. The predicted molar refractivity (Wildman–Crippen MR) is 114 cm³/mol. The highest BCUT2D eigenvalue weighted by molar-refractivity contribution is 14.1. The van der Waals surface area contributed by atoms with Gasteiger partial charge >= 0.3 is 0 Å². The van der Waals surface area contributed by atoms with Crippen molar-refractivity contribution in [2.75, 3.05) is 0 Å². The first kappa shape index (κ1) is 17.0. The predicted octanol–water partition coefficient (Wildman–Crippen LogP) is 6.83. The molecule has 2 heteroatoms. The number of fused-ring (bicyclic) bond motifs is 2. The van der Waals surface area contributed by atoms with Gasteiger partial charge in [-0.15, -0.1) is 0 Å². The van der Waals surface area contributed by atoms with E-state index in [9.17, 15) is 0 Å². The molecule has 0 unspecified atom stereocenters. The lowest BCUT2D eigenvalue weighted by Gasteiger charge is -2.26. The zero-order valence-corrected chi connectivity index (χ0v) is 17.9. The van der Waals surface area contributed by atoms with Crippen molar-refractivity contribution >= 4 is 56.0 Å². The Bertz CT molecular complexity index is 640. The van der Waals surface area contributed by atoms with Gasteiger partial charge in [0.1, 0.15) is 0 Å². The molecule has 0 N–H and O–H groups in total. The molecule has 0 atom stereocenters. The van der Waals surface area contributed by atoms with Crippen molar-refractivity contribution in [2.45, 2.75) is 65.2 Å². The van der Waals surface area contributed by atoms with E-state index in [-0.39, 0.29) is 0 Å². The van der Waals surface area contributed by atoms with Crippen molar-refractivity contribution in [1.82, 2.24) is 0 Å². The Morgan fingerprint density at radius 2 is 1.18 bits per heavy atom. The van der Waals surface area contributed by atoms with Gasteiger partial charge < -0.3 is 0 Å². The second kappa shape index (κ2) is 7.37. The molecular formula is C20H24I2. The Morgan fingerprint density at radius 3 is 1.55 bits per heavy atom. The molecular weight excluding hydrogens is 494 g/mol. The van der Waals surface area contributed by atoms with Crippen molar-refractivity contribution in [3.8, 4) is 0 Å². The number of halogens is 2. The van der Waals surface area contributed by atoms with Crippen molar-refractivity contribution in [3.63, 3.8) is 0 Å². The van der Waals surface area contributed by atoms with Crippen LogP contribution in [-0.4, -0.2) is 0 Å². The standard InChI is InChI=1S/C20H24I2/c1-3-7-13-15-9-5-6-10-16(15)14(8-4-2)18-12-20(22)19(21)11-17(13)18/h11-12H,3-10H2,1-2H3. The highest BCUT2D eigenvalue weighted by atomic mass is 127. The summed E-state index contributed by atoms with van der Waals surface area (Å²) in [4.78, 5) is 0.